The molecule has 0 radical (unpaired) electrons. The van der Waals surface area contributed by atoms with Crippen molar-refractivity contribution < 1.29 is 5.11 Å². The van der Waals surface area contributed by atoms with Gasteiger partial charge in [0.1, 0.15) is 12.4 Å². The summed E-state index contributed by atoms with van der Waals surface area (Å²) in [5, 5.41) is 15.1. The highest BCUT2D eigenvalue weighted by molar-refractivity contribution is 5.79. The summed E-state index contributed by atoms with van der Waals surface area (Å²) in [5.74, 6) is 0.236. The van der Waals surface area contributed by atoms with Gasteiger partial charge in [-0.1, -0.05) is 0 Å². The number of nitrogens with one attached hydrogen (secondary N) is 1. The van der Waals surface area contributed by atoms with E-state index in [0.717, 1.165) is 0 Å². The van der Waals surface area contributed by atoms with Crippen molar-refractivity contribution in [1.29, 1.82) is 5.41 Å². The topological polar surface area (TPSA) is 47.3 Å². The van der Waals surface area contributed by atoms with Gasteiger partial charge in [-0.05, 0) is 0 Å². The average molecular weight is 102 g/mol. The van der Waals surface area contributed by atoms with Crippen molar-refractivity contribution in [3.8, 4) is 0 Å². The van der Waals surface area contributed by atoms with Crippen LogP contribution in [0.2, 0.25) is 0 Å². The standard InChI is InChI=1S/C4H10N2O/c1-6(2)4(5)3-7/h5,7H,3H2,1-2H3. The zero-order chi connectivity index (χ0) is 5.86. The smallest absolute Gasteiger partial charge is 0.122 e. The van der Waals surface area contributed by atoms with Crippen LogP contribution in [0.25, 0.3) is 0 Å². The van der Waals surface area contributed by atoms with E-state index in [4.69, 9.17) is 10.5 Å². The molecule has 0 fully saturated rings. The fourth-order valence-corrected chi connectivity index (χ4v) is 0.141. The lowest BCUT2D eigenvalue weighted by Crippen LogP contribution is -2.23. The average Bonchev–Trinajstić information content (AvgIpc) is 1.65. The van der Waals surface area contributed by atoms with Crippen molar-refractivity contribution in [2.24, 2.45) is 0 Å². The first-order valence-electron chi connectivity index (χ1n) is 2.04. The second-order valence-electron chi connectivity index (χ2n) is 1.50. The number of aliphatic hydroxyl groups is 1. The molecule has 0 unspecified atom stereocenters. The normalized spacial score (nSPS) is 8.43. The van der Waals surface area contributed by atoms with Gasteiger partial charge in [-0.3, -0.25) is 5.41 Å². The number of hydrogen-bond acceptors (Lipinski definition) is 2. The van der Waals surface area contributed by atoms with Gasteiger partial charge < -0.3 is 10.0 Å². The second kappa shape index (κ2) is 2.58. The van der Waals surface area contributed by atoms with Crippen LogP contribution in [-0.4, -0.2) is 36.5 Å². The Kier molecular flexibility index (Phi) is 2.37. The predicted molar refractivity (Wildman–Crippen MR) is 28.5 cm³/mol. The third-order valence-corrected chi connectivity index (χ3v) is 0.690. The van der Waals surface area contributed by atoms with Crippen molar-refractivity contribution in [2.45, 2.75) is 0 Å². The van der Waals surface area contributed by atoms with E-state index in [0.29, 0.717) is 0 Å². The Balaban J connectivity index is 3.35. The molecule has 7 heavy (non-hydrogen) atoms. The van der Waals surface area contributed by atoms with Crippen LogP contribution in [0.3, 0.4) is 0 Å². The summed E-state index contributed by atoms with van der Waals surface area (Å²) in [5.41, 5.74) is 0. The van der Waals surface area contributed by atoms with Crippen LogP contribution in [0, 0.1) is 5.41 Å². The Morgan fingerprint density at radius 1 is 1.71 bits per heavy atom. The number of amidine groups is 1. The molecule has 3 nitrogen and oxygen atoms in total. The van der Waals surface area contributed by atoms with Crippen molar-refractivity contribution >= 4 is 5.84 Å². The molecule has 0 saturated carbocycles. The van der Waals surface area contributed by atoms with Crippen LogP contribution in [0.15, 0.2) is 0 Å². The van der Waals surface area contributed by atoms with Gasteiger partial charge in [0, 0.05) is 14.1 Å². The molecule has 0 aliphatic heterocycles. The van der Waals surface area contributed by atoms with Crippen LogP contribution in [0.4, 0.5) is 0 Å². The number of hydrogen-bond donors (Lipinski definition) is 2. The second-order valence-corrected chi connectivity index (χ2v) is 1.50. The molecule has 42 valence electrons. The Labute approximate surface area is 43.1 Å². The number of aliphatic hydroxyl groups excluding tert-OH is 1. The molecule has 0 atom stereocenters. The van der Waals surface area contributed by atoms with Gasteiger partial charge in [0.25, 0.3) is 0 Å². The lowest BCUT2D eigenvalue weighted by atomic mass is 10.6. The Hall–Kier alpha value is -0.570. The van der Waals surface area contributed by atoms with Crippen molar-refractivity contribution in [3.63, 3.8) is 0 Å². The fourth-order valence-electron chi connectivity index (χ4n) is 0.141. The van der Waals surface area contributed by atoms with Crippen molar-refractivity contribution in [2.75, 3.05) is 20.7 Å². The molecule has 3 heteroatoms. The highest BCUT2D eigenvalue weighted by Gasteiger charge is 1.91. The van der Waals surface area contributed by atoms with Crippen LogP contribution in [-0.2, 0) is 0 Å². The minimum absolute atomic E-state index is 0.174. The third-order valence-electron chi connectivity index (χ3n) is 0.690. The highest BCUT2D eigenvalue weighted by Crippen LogP contribution is 1.73. The first-order valence-corrected chi connectivity index (χ1v) is 2.04. The molecule has 0 aromatic rings. The van der Waals surface area contributed by atoms with Crippen LogP contribution < -0.4 is 0 Å². The molecule has 0 spiro atoms. The monoisotopic (exact) mass is 102 g/mol. The van der Waals surface area contributed by atoms with Gasteiger partial charge in [0.2, 0.25) is 0 Å². The SMILES string of the molecule is CN(C)C(=N)CO. The summed E-state index contributed by atoms with van der Waals surface area (Å²) in [7, 11) is 3.44. The molecule has 0 aromatic carbocycles. The number of nitrogens with zero attached hydrogens (tertiary/aromatic N) is 1. The van der Waals surface area contributed by atoms with Crippen LogP contribution in [0.1, 0.15) is 0 Å². The zero-order valence-corrected chi connectivity index (χ0v) is 4.60. The molecule has 0 heterocycles. The quantitative estimate of drug-likeness (QED) is 0.347. The largest absolute Gasteiger partial charge is 0.388 e. The molecule has 0 aliphatic carbocycles. The summed E-state index contributed by atoms with van der Waals surface area (Å²) in [6.45, 7) is -0.174. The molecule has 2 N–H and O–H groups in total. The van der Waals surface area contributed by atoms with E-state index in [-0.39, 0.29) is 12.4 Å². The van der Waals surface area contributed by atoms with Gasteiger partial charge in [-0.2, -0.15) is 0 Å². The number of rotatable bonds is 1. The summed E-state index contributed by atoms with van der Waals surface area (Å²) < 4.78 is 0. The molecule has 0 rings (SSSR count). The maximum absolute atomic E-state index is 8.24. The minimum Gasteiger partial charge on any atom is -0.388 e. The first-order chi connectivity index (χ1) is 3.18. The van der Waals surface area contributed by atoms with Gasteiger partial charge in [0.15, 0.2) is 0 Å². The molecular formula is C4H10N2O. The highest BCUT2D eigenvalue weighted by atomic mass is 16.3. The lowest BCUT2D eigenvalue weighted by molar-refractivity contribution is 0.339. The minimum atomic E-state index is -0.174. The van der Waals surface area contributed by atoms with E-state index in [1.54, 1.807) is 19.0 Å². The van der Waals surface area contributed by atoms with Crippen molar-refractivity contribution in [1.82, 2.24) is 4.90 Å². The summed E-state index contributed by atoms with van der Waals surface area (Å²) in [4.78, 5) is 1.56. The molecule has 0 bridgehead atoms. The van der Waals surface area contributed by atoms with Gasteiger partial charge >= 0.3 is 0 Å². The van der Waals surface area contributed by atoms with E-state index in [2.05, 4.69) is 0 Å². The van der Waals surface area contributed by atoms with Crippen LogP contribution >= 0.6 is 0 Å². The summed E-state index contributed by atoms with van der Waals surface area (Å²) in [6, 6.07) is 0. The van der Waals surface area contributed by atoms with Crippen LogP contribution in [0.5, 0.6) is 0 Å². The predicted octanol–water partition coefficient (Wildman–Crippen LogP) is -0.482. The Morgan fingerprint density at radius 3 is 2.14 bits per heavy atom. The van der Waals surface area contributed by atoms with Gasteiger partial charge in [0.05, 0.1) is 0 Å². The van der Waals surface area contributed by atoms with E-state index in [9.17, 15) is 0 Å². The molecule has 0 aromatic heterocycles. The zero-order valence-electron chi connectivity index (χ0n) is 4.60. The Morgan fingerprint density at radius 2 is 2.14 bits per heavy atom. The lowest BCUT2D eigenvalue weighted by Gasteiger charge is -2.09. The fraction of sp³-hybridized carbons (Fsp3) is 0.750. The van der Waals surface area contributed by atoms with E-state index >= 15 is 0 Å². The van der Waals surface area contributed by atoms with E-state index in [1.807, 2.05) is 0 Å². The van der Waals surface area contributed by atoms with Crippen molar-refractivity contribution in [3.05, 3.63) is 0 Å². The molecule has 0 amide bonds. The summed E-state index contributed by atoms with van der Waals surface area (Å²) in [6.07, 6.45) is 0. The first kappa shape index (κ1) is 6.43. The van der Waals surface area contributed by atoms with E-state index < -0.39 is 0 Å². The maximum atomic E-state index is 8.24. The molecule has 0 aliphatic rings. The van der Waals surface area contributed by atoms with E-state index in [1.165, 1.54) is 0 Å². The van der Waals surface area contributed by atoms with Gasteiger partial charge in [-0.15, -0.1) is 0 Å². The summed E-state index contributed by atoms with van der Waals surface area (Å²) >= 11 is 0. The van der Waals surface area contributed by atoms with Gasteiger partial charge in [-0.25, -0.2) is 0 Å². The number of likely N-dealkylation sites (N-methyl/N-ethyl adjacent to an activating group) is 1. The Bertz CT molecular complexity index is 70.1. The molecular weight excluding hydrogens is 92.1 g/mol. The maximum Gasteiger partial charge on any atom is 0.122 e. The molecule has 0 saturated heterocycles. The third kappa shape index (κ3) is 2.17.